The van der Waals surface area contributed by atoms with Crippen molar-refractivity contribution in [3.63, 3.8) is 0 Å². The van der Waals surface area contributed by atoms with Crippen molar-refractivity contribution in [1.29, 1.82) is 10.7 Å². The van der Waals surface area contributed by atoms with Crippen LogP contribution in [0.4, 0.5) is 21.8 Å². The molecular weight excluding hydrogens is 337 g/mol. The van der Waals surface area contributed by atoms with Gasteiger partial charge in [0.1, 0.15) is 11.6 Å². The van der Waals surface area contributed by atoms with Gasteiger partial charge in [-0.2, -0.15) is 10.4 Å². The lowest BCUT2D eigenvalue weighted by atomic mass is 9.83. The highest BCUT2D eigenvalue weighted by molar-refractivity contribution is 5.89. The Morgan fingerprint density at radius 2 is 2.19 bits per heavy atom. The first-order valence-corrected chi connectivity index (χ1v) is 8.22. The lowest BCUT2D eigenvalue weighted by molar-refractivity contribution is 0.122. The van der Waals surface area contributed by atoms with E-state index in [2.05, 4.69) is 26.6 Å². The summed E-state index contributed by atoms with van der Waals surface area (Å²) in [5.74, 6) is 0.450. The third kappa shape index (κ3) is 3.36. The van der Waals surface area contributed by atoms with Gasteiger partial charge >= 0.3 is 0 Å². The molecule has 0 radical (unpaired) electrons. The van der Waals surface area contributed by atoms with Crippen molar-refractivity contribution in [3.05, 3.63) is 29.2 Å². The van der Waals surface area contributed by atoms with E-state index in [-0.39, 0.29) is 5.82 Å². The molecule has 0 bridgehead atoms. The number of nitriles is 1. The lowest BCUT2D eigenvalue weighted by Gasteiger charge is -2.30. The average molecular weight is 357 g/mol. The van der Waals surface area contributed by atoms with Crippen LogP contribution < -0.4 is 10.2 Å². The van der Waals surface area contributed by atoms with Crippen molar-refractivity contribution in [2.24, 2.45) is 0 Å². The van der Waals surface area contributed by atoms with Crippen molar-refractivity contribution in [2.75, 3.05) is 36.5 Å². The van der Waals surface area contributed by atoms with E-state index in [0.29, 0.717) is 49.1 Å². The molecule has 2 aromatic rings. The summed E-state index contributed by atoms with van der Waals surface area (Å²) >= 11 is 0. The number of aromatic nitrogens is 3. The smallest absolute Gasteiger partial charge is 0.185 e. The number of H-pyrrole nitrogens is 1. The molecule has 0 atom stereocenters. The molecule has 8 nitrogen and oxygen atoms in total. The topological polar surface area (TPSA) is 114 Å². The van der Waals surface area contributed by atoms with E-state index >= 15 is 0 Å². The van der Waals surface area contributed by atoms with Crippen LogP contribution in [0.2, 0.25) is 0 Å². The molecule has 3 heterocycles. The molecule has 1 aliphatic heterocycles. The third-order valence-electron chi connectivity index (χ3n) is 4.31. The number of morpholine rings is 1. The Morgan fingerprint density at radius 3 is 2.77 bits per heavy atom. The van der Waals surface area contributed by atoms with Gasteiger partial charge in [0.2, 0.25) is 0 Å². The first-order valence-electron chi connectivity index (χ1n) is 8.22. The number of rotatable bonds is 5. The predicted octanol–water partition coefficient (Wildman–Crippen LogP) is 2.32. The van der Waals surface area contributed by atoms with Gasteiger partial charge in [0.05, 0.1) is 30.9 Å². The van der Waals surface area contributed by atoms with Crippen LogP contribution in [-0.4, -0.2) is 47.7 Å². The molecule has 136 valence electrons. The maximum Gasteiger partial charge on any atom is 0.185 e. The lowest BCUT2D eigenvalue weighted by Crippen LogP contribution is -2.37. The first-order chi connectivity index (χ1) is 12.5. The molecule has 26 heavy (non-hydrogen) atoms. The number of halogens is 1. The van der Waals surface area contributed by atoms with Gasteiger partial charge < -0.3 is 20.4 Å². The van der Waals surface area contributed by atoms with Crippen LogP contribution >= 0.6 is 0 Å². The molecule has 0 amide bonds. The maximum atomic E-state index is 13.8. The van der Waals surface area contributed by atoms with Crippen LogP contribution in [0.15, 0.2) is 12.3 Å². The molecular formula is C17H20FN7O. The third-order valence-corrected chi connectivity index (χ3v) is 4.31. The monoisotopic (exact) mass is 357 g/mol. The van der Waals surface area contributed by atoms with Gasteiger partial charge in [-0.3, -0.25) is 5.10 Å². The number of hydrogen-bond acceptors (Lipinski definition) is 7. The molecule has 0 aromatic carbocycles. The second-order valence-corrected chi connectivity index (χ2v) is 6.49. The van der Waals surface area contributed by atoms with Gasteiger partial charge in [0.25, 0.3) is 0 Å². The Kier molecular flexibility index (Phi) is 4.86. The quantitative estimate of drug-likeness (QED) is 0.708. The summed E-state index contributed by atoms with van der Waals surface area (Å²) in [4.78, 5) is 6.62. The zero-order chi connectivity index (χ0) is 18.7. The SMILES string of the molecule is CC(C)(C#N)c1cc(N2CCOCC2)nc(Nc2[nH]ncc2F)c1C=N. The molecule has 3 rings (SSSR count). The summed E-state index contributed by atoms with van der Waals surface area (Å²) in [6, 6.07) is 4.09. The van der Waals surface area contributed by atoms with Crippen molar-refractivity contribution >= 4 is 23.7 Å². The standard InChI is InChI=1S/C17H20FN7O/c1-17(2,10-20)12-7-14(25-3-5-26-6-4-25)22-15(11(12)8-19)23-16-13(18)9-21-24-16/h7-9,19H,3-6H2,1-2H3,(H2,21,22,23,24). The zero-order valence-electron chi connectivity index (χ0n) is 14.6. The van der Waals surface area contributed by atoms with Crippen LogP contribution in [0.3, 0.4) is 0 Å². The molecule has 0 saturated carbocycles. The molecule has 1 saturated heterocycles. The van der Waals surface area contributed by atoms with Gasteiger partial charge in [0, 0.05) is 24.9 Å². The number of aromatic amines is 1. The van der Waals surface area contributed by atoms with E-state index in [4.69, 9.17) is 10.1 Å². The molecule has 9 heteroatoms. The number of hydrogen-bond donors (Lipinski definition) is 3. The minimum Gasteiger partial charge on any atom is -0.378 e. The molecule has 2 aromatic heterocycles. The number of anilines is 3. The highest BCUT2D eigenvalue weighted by Crippen LogP contribution is 2.33. The Bertz CT molecular complexity index is 849. The van der Waals surface area contributed by atoms with Crippen LogP contribution in [0.25, 0.3) is 0 Å². The van der Waals surface area contributed by atoms with Crippen molar-refractivity contribution in [1.82, 2.24) is 15.2 Å². The van der Waals surface area contributed by atoms with Crippen LogP contribution in [0.5, 0.6) is 0 Å². The van der Waals surface area contributed by atoms with Gasteiger partial charge in [-0.05, 0) is 25.5 Å². The highest BCUT2D eigenvalue weighted by atomic mass is 19.1. The molecule has 0 spiro atoms. The molecule has 0 aliphatic carbocycles. The zero-order valence-corrected chi connectivity index (χ0v) is 14.6. The summed E-state index contributed by atoms with van der Waals surface area (Å²) in [5, 5.41) is 26.4. The normalized spacial score (nSPS) is 14.8. The molecule has 0 unspecified atom stereocenters. The molecule has 1 aliphatic rings. The van der Waals surface area contributed by atoms with E-state index in [1.165, 1.54) is 0 Å². The molecule has 3 N–H and O–H groups in total. The number of nitrogens with zero attached hydrogens (tertiary/aromatic N) is 4. The minimum atomic E-state index is -0.847. The van der Waals surface area contributed by atoms with E-state index in [0.717, 1.165) is 12.4 Å². The van der Waals surface area contributed by atoms with Gasteiger partial charge in [0.15, 0.2) is 11.6 Å². The van der Waals surface area contributed by atoms with Crippen molar-refractivity contribution in [2.45, 2.75) is 19.3 Å². The summed E-state index contributed by atoms with van der Waals surface area (Å²) in [7, 11) is 0. The summed E-state index contributed by atoms with van der Waals surface area (Å²) in [6.07, 6.45) is 2.18. The Morgan fingerprint density at radius 1 is 1.46 bits per heavy atom. The van der Waals surface area contributed by atoms with Crippen LogP contribution in [0.1, 0.15) is 25.0 Å². The van der Waals surface area contributed by atoms with E-state index < -0.39 is 11.2 Å². The predicted molar refractivity (Wildman–Crippen MR) is 95.6 cm³/mol. The fraction of sp³-hybridized carbons (Fsp3) is 0.412. The van der Waals surface area contributed by atoms with E-state index in [1.807, 2.05) is 11.0 Å². The summed E-state index contributed by atoms with van der Waals surface area (Å²) in [5.41, 5.74) is 0.233. The number of ether oxygens (including phenoxy) is 1. The van der Waals surface area contributed by atoms with Crippen LogP contribution in [-0.2, 0) is 10.2 Å². The Hall–Kier alpha value is -2.99. The second-order valence-electron chi connectivity index (χ2n) is 6.49. The fourth-order valence-corrected chi connectivity index (χ4v) is 2.79. The highest BCUT2D eigenvalue weighted by Gasteiger charge is 2.28. The summed E-state index contributed by atoms with van der Waals surface area (Å²) < 4.78 is 19.2. The number of nitrogens with one attached hydrogen (secondary N) is 3. The van der Waals surface area contributed by atoms with Crippen molar-refractivity contribution < 1.29 is 9.13 Å². The van der Waals surface area contributed by atoms with Gasteiger partial charge in [-0.15, -0.1) is 0 Å². The first kappa shape index (κ1) is 17.8. The fourth-order valence-electron chi connectivity index (χ4n) is 2.79. The second kappa shape index (κ2) is 7.09. The summed E-state index contributed by atoms with van der Waals surface area (Å²) in [6.45, 7) is 6.06. The van der Waals surface area contributed by atoms with Crippen molar-refractivity contribution in [3.8, 4) is 6.07 Å². The van der Waals surface area contributed by atoms with Crippen LogP contribution in [0, 0.1) is 22.6 Å². The molecule has 1 fully saturated rings. The maximum absolute atomic E-state index is 13.8. The Labute approximate surface area is 150 Å². The minimum absolute atomic E-state index is 0.0560. The van der Waals surface area contributed by atoms with E-state index in [1.54, 1.807) is 13.8 Å². The van der Waals surface area contributed by atoms with Gasteiger partial charge in [-0.1, -0.05) is 0 Å². The van der Waals surface area contributed by atoms with E-state index in [9.17, 15) is 9.65 Å². The average Bonchev–Trinajstić information content (AvgIpc) is 3.06. The largest absolute Gasteiger partial charge is 0.378 e. The Balaban J connectivity index is 2.13. The van der Waals surface area contributed by atoms with Gasteiger partial charge in [-0.25, -0.2) is 9.37 Å². The number of pyridine rings is 1.